The van der Waals surface area contributed by atoms with Gasteiger partial charge in [-0.1, -0.05) is 6.07 Å². The van der Waals surface area contributed by atoms with Crippen molar-refractivity contribution in [3.05, 3.63) is 51.5 Å². The van der Waals surface area contributed by atoms with Gasteiger partial charge in [-0.3, -0.25) is 4.79 Å². The van der Waals surface area contributed by atoms with Crippen molar-refractivity contribution >= 4 is 23.2 Å². The molecule has 0 spiro atoms. The van der Waals surface area contributed by atoms with E-state index in [1.807, 2.05) is 0 Å². The number of rotatable bonds is 5. The van der Waals surface area contributed by atoms with E-state index in [9.17, 15) is 18.4 Å². The average molecular weight is 338 g/mol. The van der Waals surface area contributed by atoms with Gasteiger partial charge in [-0.2, -0.15) is 0 Å². The Balaban J connectivity index is 1.56. The first kappa shape index (κ1) is 15.5. The quantitative estimate of drug-likeness (QED) is 0.878. The van der Waals surface area contributed by atoms with Crippen LogP contribution in [-0.2, 0) is 11.3 Å². The fourth-order valence-electron chi connectivity index (χ4n) is 2.41. The number of aromatic carboxylic acids is 1. The van der Waals surface area contributed by atoms with E-state index in [1.54, 1.807) is 0 Å². The first-order valence-electron chi connectivity index (χ1n) is 6.86. The van der Waals surface area contributed by atoms with Crippen molar-refractivity contribution in [2.24, 2.45) is 5.92 Å². The number of carboxylic acids is 1. The van der Waals surface area contributed by atoms with Crippen LogP contribution < -0.4 is 5.32 Å². The molecule has 1 aliphatic carbocycles. The highest BCUT2D eigenvalue weighted by molar-refractivity contribution is 7.09. The smallest absolute Gasteiger partial charge is 0.355 e. The number of hydrogen-bond donors (Lipinski definition) is 2. The molecule has 1 saturated carbocycles. The lowest BCUT2D eigenvalue weighted by molar-refractivity contribution is -0.122. The van der Waals surface area contributed by atoms with Crippen molar-refractivity contribution in [1.82, 2.24) is 10.3 Å². The second-order valence-corrected chi connectivity index (χ2v) is 6.21. The number of amides is 1. The second kappa shape index (κ2) is 6.04. The highest BCUT2D eigenvalue weighted by Gasteiger charge is 2.45. The van der Waals surface area contributed by atoms with E-state index in [-0.39, 0.29) is 30.0 Å². The normalized spacial score (nSPS) is 19.4. The maximum absolute atomic E-state index is 13.7. The van der Waals surface area contributed by atoms with E-state index < -0.39 is 17.6 Å². The number of thiazole rings is 1. The van der Waals surface area contributed by atoms with Crippen LogP contribution in [0.3, 0.4) is 0 Å². The van der Waals surface area contributed by atoms with Gasteiger partial charge in [0.05, 0.1) is 6.54 Å². The summed E-state index contributed by atoms with van der Waals surface area (Å²) in [5, 5.41) is 13.3. The van der Waals surface area contributed by atoms with E-state index in [1.165, 1.54) is 17.5 Å². The number of aromatic nitrogens is 1. The third-order valence-corrected chi connectivity index (χ3v) is 4.52. The van der Waals surface area contributed by atoms with Gasteiger partial charge >= 0.3 is 5.97 Å². The molecule has 120 valence electrons. The summed E-state index contributed by atoms with van der Waals surface area (Å²) in [6.45, 7) is 0.131. The molecule has 0 radical (unpaired) electrons. The minimum absolute atomic E-state index is 0.0584. The molecule has 2 aromatic rings. The zero-order valence-corrected chi connectivity index (χ0v) is 12.6. The molecule has 3 rings (SSSR count). The first-order valence-corrected chi connectivity index (χ1v) is 7.74. The van der Waals surface area contributed by atoms with Crippen molar-refractivity contribution in [2.75, 3.05) is 0 Å². The molecule has 1 aromatic heterocycles. The predicted octanol–water partition coefficient (Wildman–Crippen LogP) is 2.54. The van der Waals surface area contributed by atoms with Gasteiger partial charge in [-0.05, 0) is 24.0 Å². The number of nitrogens with zero attached hydrogens (tertiary/aromatic N) is 1. The van der Waals surface area contributed by atoms with Gasteiger partial charge < -0.3 is 10.4 Å². The monoisotopic (exact) mass is 338 g/mol. The molecule has 23 heavy (non-hydrogen) atoms. The van der Waals surface area contributed by atoms with E-state index in [0.717, 1.165) is 17.4 Å². The van der Waals surface area contributed by atoms with Gasteiger partial charge in [0, 0.05) is 17.4 Å². The number of benzene rings is 1. The molecule has 1 aliphatic rings. The molecule has 2 atom stereocenters. The number of nitrogens with one attached hydrogen (secondary N) is 1. The van der Waals surface area contributed by atoms with E-state index >= 15 is 0 Å². The number of halogens is 2. The molecule has 2 unspecified atom stereocenters. The van der Waals surface area contributed by atoms with Gasteiger partial charge in [0.25, 0.3) is 0 Å². The second-order valence-electron chi connectivity index (χ2n) is 5.26. The Morgan fingerprint density at radius 3 is 2.83 bits per heavy atom. The van der Waals surface area contributed by atoms with Crippen LogP contribution >= 0.6 is 11.3 Å². The molecular formula is C15H12F2N2O3S. The molecule has 2 N–H and O–H groups in total. The lowest BCUT2D eigenvalue weighted by Gasteiger charge is -2.04. The summed E-state index contributed by atoms with van der Waals surface area (Å²) in [5.41, 5.74) is 0.283. The summed E-state index contributed by atoms with van der Waals surface area (Å²) >= 11 is 1.14. The molecule has 0 saturated heterocycles. The zero-order chi connectivity index (χ0) is 16.6. The zero-order valence-electron chi connectivity index (χ0n) is 11.8. The Kier molecular flexibility index (Phi) is 4.08. The highest BCUT2D eigenvalue weighted by atomic mass is 32.1. The minimum Gasteiger partial charge on any atom is -0.476 e. The molecular weight excluding hydrogens is 326 g/mol. The van der Waals surface area contributed by atoms with Crippen LogP contribution in [0.15, 0.2) is 23.6 Å². The molecule has 8 heteroatoms. The van der Waals surface area contributed by atoms with Crippen molar-refractivity contribution in [3.63, 3.8) is 0 Å². The Bertz CT molecular complexity index is 778. The van der Waals surface area contributed by atoms with Crippen molar-refractivity contribution in [1.29, 1.82) is 0 Å². The van der Waals surface area contributed by atoms with Crippen LogP contribution in [0.5, 0.6) is 0 Å². The third-order valence-electron chi connectivity index (χ3n) is 3.67. The minimum atomic E-state index is -1.12. The van der Waals surface area contributed by atoms with Crippen LogP contribution in [0.4, 0.5) is 8.78 Å². The first-order chi connectivity index (χ1) is 11.0. The lowest BCUT2D eigenvalue weighted by Crippen LogP contribution is -2.25. The Morgan fingerprint density at radius 1 is 1.39 bits per heavy atom. The van der Waals surface area contributed by atoms with Crippen molar-refractivity contribution in [3.8, 4) is 0 Å². The number of carbonyl (C=O) groups excluding carboxylic acids is 1. The summed E-state index contributed by atoms with van der Waals surface area (Å²) < 4.78 is 26.6. The van der Waals surface area contributed by atoms with Crippen LogP contribution in [0, 0.1) is 17.6 Å². The third kappa shape index (κ3) is 3.37. The Labute approximate surface area is 134 Å². The van der Waals surface area contributed by atoms with Crippen molar-refractivity contribution in [2.45, 2.75) is 18.9 Å². The summed E-state index contributed by atoms with van der Waals surface area (Å²) in [7, 11) is 0. The predicted molar refractivity (Wildman–Crippen MR) is 78.1 cm³/mol. The van der Waals surface area contributed by atoms with Crippen LogP contribution in [0.1, 0.15) is 33.4 Å². The molecule has 1 fully saturated rings. The van der Waals surface area contributed by atoms with Gasteiger partial charge in [-0.15, -0.1) is 11.3 Å². The number of hydrogen-bond acceptors (Lipinski definition) is 4. The topological polar surface area (TPSA) is 79.3 Å². The Hall–Kier alpha value is -2.35. The fraction of sp³-hybridized carbons (Fsp3) is 0.267. The summed E-state index contributed by atoms with van der Waals surface area (Å²) in [6.07, 6.45) is 0.507. The largest absolute Gasteiger partial charge is 0.476 e. The van der Waals surface area contributed by atoms with Crippen LogP contribution in [0.2, 0.25) is 0 Å². The van der Waals surface area contributed by atoms with Crippen LogP contribution in [0.25, 0.3) is 0 Å². The molecule has 0 bridgehead atoms. The summed E-state index contributed by atoms with van der Waals surface area (Å²) in [6, 6.07) is 3.35. The lowest BCUT2D eigenvalue weighted by atomic mass is 10.1. The van der Waals surface area contributed by atoms with E-state index in [4.69, 9.17) is 5.11 Å². The van der Waals surface area contributed by atoms with Crippen LogP contribution in [-0.4, -0.2) is 22.0 Å². The SMILES string of the molecule is O=C(O)c1csc(CNC(=O)C2CC2c2ccc(F)cc2F)n1. The fourth-order valence-corrected chi connectivity index (χ4v) is 3.12. The molecule has 1 aromatic carbocycles. The average Bonchev–Trinajstić information content (AvgIpc) is 3.13. The van der Waals surface area contributed by atoms with Gasteiger partial charge in [0.2, 0.25) is 5.91 Å². The summed E-state index contributed by atoms with van der Waals surface area (Å²) in [4.78, 5) is 26.6. The number of carboxylic acid groups (broad SMARTS) is 1. The highest BCUT2D eigenvalue weighted by Crippen LogP contribution is 2.48. The molecule has 1 amide bonds. The van der Waals surface area contributed by atoms with Crippen molar-refractivity contribution < 1.29 is 23.5 Å². The standard InChI is InChI=1S/C15H12F2N2O3S/c16-7-1-2-8(11(17)3-7)9-4-10(9)14(20)18-5-13-19-12(6-23-13)15(21)22/h1-3,6,9-10H,4-5H2,(H,18,20)(H,21,22). The van der Waals surface area contributed by atoms with Gasteiger partial charge in [0.1, 0.15) is 16.6 Å². The molecule has 5 nitrogen and oxygen atoms in total. The van der Waals surface area contributed by atoms with Gasteiger partial charge in [-0.25, -0.2) is 18.6 Å². The molecule has 0 aliphatic heterocycles. The maximum atomic E-state index is 13.7. The Morgan fingerprint density at radius 2 is 2.17 bits per heavy atom. The summed E-state index contributed by atoms with van der Waals surface area (Å²) in [5.74, 6) is -3.25. The number of carbonyl (C=O) groups is 2. The maximum Gasteiger partial charge on any atom is 0.355 e. The van der Waals surface area contributed by atoms with E-state index in [0.29, 0.717) is 17.0 Å². The van der Waals surface area contributed by atoms with E-state index in [2.05, 4.69) is 10.3 Å². The van der Waals surface area contributed by atoms with Gasteiger partial charge in [0.15, 0.2) is 5.69 Å². The molecule has 1 heterocycles.